The summed E-state index contributed by atoms with van der Waals surface area (Å²) in [7, 11) is 0. The van der Waals surface area contributed by atoms with Crippen LogP contribution in [0.5, 0.6) is 0 Å². The van der Waals surface area contributed by atoms with E-state index >= 15 is 0 Å². The number of allylic oxidation sites excluding steroid dienone is 7. The number of hydrogen-bond acceptors (Lipinski definition) is 9. The summed E-state index contributed by atoms with van der Waals surface area (Å²) in [4.78, 5) is 83.4. The Hall–Kier alpha value is -8.96. The average Bonchev–Trinajstić information content (AvgIpc) is 3.78. The van der Waals surface area contributed by atoms with Gasteiger partial charge in [0.15, 0.2) is 0 Å². The highest BCUT2D eigenvalue weighted by molar-refractivity contribution is 5.98. The molecule has 0 amide bonds. The molecule has 0 aromatic carbocycles. The van der Waals surface area contributed by atoms with Crippen LogP contribution < -0.4 is 0 Å². The summed E-state index contributed by atoms with van der Waals surface area (Å²) >= 11 is 0. The van der Waals surface area contributed by atoms with Gasteiger partial charge in [-0.05, 0) is 220 Å². The molecule has 0 spiro atoms. The molecular formula is C66H70N8O9. The number of carboxylic acids is 4. The number of ether oxygens (including phenoxy) is 1. The number of fused-ring (bicyclic) bond motifs is 16. The van der Waals surface area contributed by atoms with Crippen molar-refractivity contribution in [3.8, 4) is 0 Å². The molecule has 428 valence electrons. The molecular weight excluding hydrogens is 1050 g/mol. The number of H-pyrrole nitrogens is 4. The van der Waals surface area contributed by atoms with E-state index in [1.165, 1.54) is 0 Å². The highest BCUT2D eigenvalue weighted by Gasteiger charge is 2.25. The number of carboxylic acid groups (broad SMARTS) is 4. The Bertz CT molecular complexity index is 4270. The standard InChI is InChI=1S/C66H70N8O9/c1-11-39-31(3)47-21-49-33(5)41(13-17-63(75)76)57(69-49)27-59-43(15-19-65(79)80)35(7)51(71-59)25-61-45(37(9)53(73-61)23-55(39)67-47)29-83-30-46-38(10)54-24-56-40(12-2)32(4)48(68-56)22-50-34(6)42(14-18-64(77)78)58(70-50)28-60-44(16-20-66(81)82)36(8)52(72-60)26-62(46)74-54/h21-28,67,71-72,74H,11-20,29-30H2,1-10H3,(H,75,76)(H,77,78)(H,79,80)(H,81,82). The maximum atomic E-state index is 12.1. The summed E-state index contributed by atoms with van der Waals surface area (Å²) in [6.45, 7) is 20.7. The Labute approximate surface area is 480 Å². The maximum Gasteiger partial charge on any atom is 0.303 e. The van der Waals surface area contributed by atoms with Crippen LogP contribution in [0.3, 0.4) is 0 Å². The number of aliphatic carboxylic acids is 4. The number of nitrogens with zero attached hydrogens (tertiary/aromatic N) is 4. The van der Waals surface area contributed by atoms with Crippen molar-refractivity contribution in [3.05, 3.63) is 139 Å². The lowest BCUT2D eigenvalue weighted by atomic mass is 9.99. The summed E-state index contributed by atoms with van der Waals surface area (Å²) in [6.07, 6.45) is 2.14. The molecule has 83 heavy (non-hydrogen) atoms. The third-order valence-corrected chi connectivity index (χ3v) is 17.2. The van der Waals surface area contributed by atoms with Crippen LogP contribution in [-0.2, 0) is 49.8 Å². The first kappa shape index (κ1) is 57.3. The zero-order valence-electron chi connectivity index (χ0n) is 48.7. The molecule has 0 fully saturated rings. The monoisotopic (exact) mass is 1120 g/mol. The van der Waals surface area contributed by atoms with Crippen LogP contribution >= 0.6 is 0 Å². The molecule has 6 aromatic rings. The first-order chi connectivity index (χ1) is 39.6. The predicted octanol–water partition coefficient (Wildman–Crippen LogP) is 13.9. The van der Waals surface area contributed by atoms with Crippen molar-refractivity contribution in [2.75, 3.05) is 6.61 Å². The van der Waals surface area contributed by atoms with Gasteiger partial charge in [0.2, 0.25) is 0 Å². The largest absolute Gasteiger partial charge is 0.481 e. The van der Waals surface area contributed by atoms with Crippen LogP contribution in [0.15, 0.2) is 48.5 Å². The highest BCUT2D eigenvalue weighted by Crippen LogP contribution is 2.40. The molecule has 0 radical (unpaired) electrons. The molecule has 4 aliphatic rings. The summed E-state index contributed by atoms with van der Waals surface area (Å²) in [5.74, 6) is -3.69. The van der Waals surface area contributed by atoms with E-state index in [9.17, 15) is 39.6 Å². The molecule has 0 unspecified atom stereocenters. The molecule has 6 aromatic heterocycles. The van der Waals surface area contributed by atoms with Gasteiger partial charge in [-0.2, -0.15) is 0 Å². The lowest BCUT2D eigenvalue weighted by molar-refractivity contribution is -0.138. The fraction of sp³-hybridized carbons (Fsp3) is 0.333. The Morgan fingerprint density at radius 3 is 1.11 bits per heavy atom. The third-order valence-electron chi connectivity index (χ3n) is 17.2. The lowest BCUT2D eigenvalue weighted by Crippen LogP contribution is -1.99. The average molecular weight is 1120 g/mol. The Morgan fingerprint density at radius 1 is 0.349 bits per heavy atom. The molecule has 0 saturated carbocycles. The van der Waals surface area contributed by atoms with Gasteiger partial charge in [0.25, 0.3) is 0 Å². The molecule has 8 N–H and O–H groups in total. The van der Waals surface area contributed by atoms with E-state index in [1.807, 2.05) is 64.1 Å². The molecule has 0 aliphatic carbocycles. The number of hydrogen-bond donors (Lipinski definition) is 8. The van der Waals surface area contributed by atoms with Crippen molar-refractivity contribution in [2.45, 2.75) is 140 Å². The molecule has 0 atom stereocenters. The van der Waals surface area contributed by atoms with Crippen molar-refractivity contribution in [3.63, 3.8) is 0 Å². The second-order valence-corrected chi connectivity index (χ2v) is 22.1. The minimum atomic E-state index is -0.928. The minimum Gasteiger partial charge on any atom is -0.481 e. The van der Waals surface area contributed by atoms with Crippen LogP contribution in [-0.4, -0.2) is 90.8 Å². The van der Waals surface area contributed by atoms with Gasteiger partial charge in [-0.15, -0.1) is 0 Å². The van der Waals surface area contributed by atoms with Gasteiger partial charge in [0.05, 0.1) is 58.8 Å². The predicted molar refractivity (Wildman–Crippen MR) is 326 cm³/mol. The molecule has 17 heteroatoms. The number of aryl methyl sites for hydroxylation is 7. The first-order valence-electron chi connectivity index (χ1n) is 28.4. The van der Waals surface area contributed by atoms with Crippen LogP contribution in [0.4, 0.5) is 0 Å². The summed E-state index contributed by atoms with van der Waals surface area (Å²) in [5, 5.41) is 39.4. The van der Waals surface area contributed by atoms with Crippen LogP contribution in [0.2, 0.25) is 0 Å². The van der Waals surface area contributed by atoms with E-state index in [1.54, 1.807) is 0 Å². The minimum absolute atomic E-state index is 0.0799. The van der Waals surface area contributed by atoms with Gasteiger partial charge in [-0.25, -0.2) is 19.9 Å². The quantitative estimate of drug-likeness (QED) is 0.0398. The van der Waals surface area contributed by atoms with E-state index in [4.69, 9.17) is 24.7 Å². The number of rotatable bonds is 18. The molecule has 4 aliphatic heterocycles. The van der Waals surface area contributed by atoms with Crippen molar-refractivity contribution in [1.29, 1.82) is 0 Å². The molecule has 10 heterocycles. The van der Waals surface area contributed by atoms with Gasteiger partial charge >= 0.3 is 23.9 Å². The summed E-state index contributed by atoms with van der Waals surface area (Å²) < 4.78 is 6.90. The zero-order chi connectivity index (χ0) is 59.3. The van der Waals surface area contributed by atoms with E-state index < -0.39 is 23.9 Å². The number of nitrogens with one attached hydrogen (secondary N) is 4. The molecule has 17 nitrogen and oxygen atoms in total. The summed E-state index contributed by atoms with van der Waals surface area (Å²) in [6, 6.07) is 16.0. The van der Waals surface area contributed by atoms with E-state index in [0.29, 0.717) is 33.8 Å². The Balaban J connectivity index is 1.14. The fourth-order valence-electron chi connectivity index (χ4n) is 12.2. The normalized spacial score (nSPS) is 13.5. The smallest absolute Gasteiger partial charge is 0.303 e. The second kappa shape index (κ2) is 23.1. The second-order valence-electron chi connectivity index (χ2n) is 22.1. The Morgan fingerprint density at radius 2 is 0.663 bits per heavy atom. The van der Waals surface area contributed by atoms with Crippen LogP contribution in [0, 0.1) is 27.7 Å². The number of aromatic nitrogens is 8. The van der Waals surface area contributed by atoms with E-state index in [2.05, 4.69) is 73.6 Å². The summed E-state index contributed by atoms with van der Waals surface area (Å²) in [5.41, 5.74) is 26.6. The molecule has 0 saturated heterocycles. The topological polar surface area (TPSA) is 273 Å². The van der Waals surface area contributed by atoms with Gasteiger partial charge in [-0.3, -0.25) is 19.2 Å². The van der Waals surface area contributed by atoms with Crippen molar-refractivity contribution < 1.29 is 44.3 Å². The maximum absolute atomic E-state index is 12.1. The van der Waals surface area contributed by atoms with Gasteiger partial charge in [-0.1, -0.05) is 13.8 Å². The van der Waals surface area contributed by atoms with Crippen molar-refractivity contribution in [1.82, 2.24) is 39.9 Å². The van der Waals surface area contributed by atoms with Crippen molar-refractivity contribution in [2.24, 2.45) is 0 Å². The lowest BCUT2D eigenvalue weighted by Gasteiger charge is -2.08. The van der Waals surface area contributed by atoms with E-state index in [0.717, 1.165) is 158 Å². The van der Waals surface area contributed by atoms with Gasteiger partial charge in [0, 0.05) is 81.0 Å². The number of aromatic amines is 4. The zero-order valence-corrected chi connectivity index (χ0v) is 48.7. The Kier molecular flexibility index (Phi) is 16.0. The van der Waals surface area contributed by atoms with Gasteiger partial charge < -0.3 is 45.1 Å². The van der Waals surface area contributed by atoms with Gasteiger partial charge in [0.1, 0.15) is 0 Å². The van der Waals surface area contributed by atoms with Crippen LogP contribution in [0.25, 0.3) is 88.7 Å². The number of carbonyl (C=O) groups is 4. The molecule has 10 rings (SSSR count). The first-order valence-corrected chi connectivity index (χ1v) is 28.4. The third kappa shape index (κ3) is 11.2. The van der Waals surface area contributed by atoms with E-state index in [-0.39, 0.29) is 64.6 Å². The van der Waals surface area contributed by atoms with Crippen LogP contribution in [0.1, 0.15) is 177 Å². The SMILES string of the molecule is CCC1=C(C)c2cc3nc(cc4[nH]c(cc5[nH]c(cc1n2)c(C)c5COCC1=C(C)c2cc5[nH]c(cc6nc(cc7[nH]c(cc1n2)c(C)c7CCC(=O)O)C(CCC(=O)O)=C6C)c(C)c5CC)c(C)c4CCC(=O)O)C(CCC(=O)O)=C3C. The molecule has 16 bridgehead atoms. The highest BCUT2D eigenvalue weighted by atomic mass is 16.5. The van der Waals surface area contributed by atoms with Crippen molar-refractivity contribution >= 4 is 113 Å². The fourth-order valence-corrected chi connectivity index (χ4v) is 12.2.